The Morgan fingerprint density at radius 1 is 1.27 bits per heavy atom. The van der Waals surface area contributed by atoms with Gasteiger partial charge in [0.05, 0.1) is 0 Å². The van der Waals surface area contributed by atoms with Crippen LogP contribution in [-0.4, -0.2) is 6.29 Å². The van der Waals surface area contributed by atoms with Gasteiger partial charge in [0.1, 0.15) is 6.29 Å². The third-order valence-corrected chi connectivity index (χ3v) is 1.91. The number of hydrogen-bond acceptors (Lipinski definition) is 1. The van der Waals surface area contributed by atoms with Gasteiger partial charge in [-0.05, 0) is 0 Å². The van der Waals surface area contributed by atoms with E-state index < -0.39 is 0 Å². The Balaban J connectivity index is 0.000001000. The van der Waals surface area contributed by atoms with Crippen molar-refractivity contribution < 1.29 is 25.9 Å². The third-order valence-electron chi connectivity index (χ3n) is 1.91. The fraction of sp³-hybridized carbons (Fsp3) is 0.444. The third kappa shape index (κ3) is 2.41. The number of carbonyl (C=O) groups is 1. The molecule has 0 aromatic heterocycles. The van der Waals surface area contributed by atoms with Gasteiger partial charge in [-0.1, -0.05) is 38.2 Å². The van der Waals surface area contributed by atoms with Crippen molar-refractivity contribution in [3.8, 4) is 0 Å². The van der Waals surface area contributed by atoms with E-state index in [1.54, 1.807) is 0 Å². The first-order valence-electron chi connectivity index (χ1n) is 3.48. The first-order valence-corrected chi connectivity index (χ1v) is 3.48. The van der Waals surface area contributed by atoms with Gasteiger partial charge >= 0.3 is 0 Å². The molecule has 0 amide bonds. The van der Waals surface area contributed by atoms with Crippen molar-refractivity contribution >= 4 is 6.29 Å². The molecule has 0 saturated heterocycles. The van der Waals surface area contributed by atoms with Gasteiger partial charge in [-0.3, -0.25) is 0 Å². The van der Waals surface area contributed by atoms with Gasteiger partial charge in [-0.25, -0.2) is 0 Å². The van der Waals surface area contributed by atoms with Crippen molar-refractivity contribution in [2.75, 3.05) is 0 Å². The standard InChI is InChI=1S/C9H12O.Pt/c1-9(2,7-10)8-5-3-4-6-8;/h3-8H,1-2H3;. The Hall–Kier alpha value is -0.162. The Morgan fingerprint density at radius 3 is 2.09 bits per heavy atom. The maximum Gasteiger partial charge on any atom is 0.126 e. The van der Waals surface area contributed by atoms with Crippen LogP contribution in [0.4, 0.5) is 0 Å². The molecule has 11 heavy (non-hydrogen) atoms. The van der Waals surface area contributed by atoms with Gasteiger partial charge in [0.15, 0.2) is 0 Å². The van der Waals surface area contributed by atoms with Crippen LogP contribution >= 0.6 is 0 Å². The number of rotatable bonds is 2. The topological polar surface area (TPSA) is 17.1 Å². The van der Waals surface area contributed by atoms with Gasteiger partial charge in [0, 0.05) is 32.4 Å². The number of hydrogen-bond donors (Lipinski definition) is 0. The molecule has 1 nitrogen and oxygen atoms in total. The predicted molar refractivity (Wildman–Crippen MR) is 41.6 cm³/mol. The molecule has 0 fully saturated rings. The van der Waals surface area contributed by atoms with Crippen LogP contribution in [0.1, 0.15) is 13.8 Å². The van der Waals surface area contributed by atoms with Crippen LogP contribution in [0.25, 0.3) is 0 Å². The van der Waals surface area contributed by atoms with Crippen molar-refractivity contribution in [1.29, 1.82) is 0 Å². The van der Waals surface area contributed by atoms with Crippen molar-refractivity contribution in [3.05, 3.63) is 24.3 Å². The molecule has 0 aromatic carbocycles. The molecule has 1 rings (SSSR count). The van der Waals surface area contributed by atoms with Crippen LogP contribution in [0, 0.1) is 11.3 Å². The second kappa shape index (κ2) is 4.01. The maximum atomic E-state index is 10.5. The van der Waals surface area contributed by atoms with Crippen LogP contribution in [0.5, 0.6) is 0 Å². The van der Waals surface area contributed by atoms with E-state index in [1.165, 1.54) is 0 Å². The summed E-state index contributed by atoms with van der Waals surface area (Å²) in [5.74, 6) is 0.296. The Labute approximate surface area is 81.8 Å². The molecule has 0 saturated carbocycles. The van der Waals surface area contributed by atoms with Gasteiger partial charge in [0.2, 0.25) is 0 Å². The summed E-state index contributed by atoms with van der Waals surface area (Å²) >= 11 is 0. The van der Waals surface area contributed by atoms with Crippen molar-refractivity contribution in [2.24, 2.45) is 11.3 Å². The zero-order chi connectivity index (χ0) is 7.61. The van der Waals surface area contributed by atoms with Gasteiger partial charge in [-0.2, -0.15) is 0 Å². The van der Waals surface area contributed by atoms with Gasteiger partial charge in [-0.15, -0.1) is 0 Å². The van der Waals surface area contributed by atoms with Gasteiger partial charge < -0.3 is 4.79 Å². The minimum absolute atomic E-state index is 0. The van der Waals surface area contributed by atoms with E-state index >= 15 is 0 Å². The molecular weight excluding hydrogens is 319 g/mol. The number of carbonyl (C=O) groups excluding carboxylic acids is 1. The second-order valence-electron chi connectivity index (χ2n) is 3.23. The molecule has 2 heteroatoms. The van der Waals surface area contributed by atoms with E-state index in [0.29, 0.717) is 5.92 Å². The van der Waals surface area contributed by atoms with Crippen molar-refractivity contribution in [3.63, 3.8) is 0 Å². The van der Waals surface area contributed by atoms with E-state index in [1.807, 2.05) is 26.0 Å². The quantitative estimate of drug-likeness (QED) is 0.707. The van der Waals surface area contributed by atoms with Crippen LogP contribution in [-0.2, 0) is 25.9 Å². The average Bonchev–Trinajstić information content (AvgIpc) is 2.38. The molecular formula is C9H12OPt. The average molecular weight is 331 g/mol. The fourth-order valence-corrected chi connectivity index (χ4v) is 1.01. The summed E-state index contributed by atoms with van der Waals surface area (Å²) in [5.41, 5.74) is -0.233. The zero-order valence-corrected chi connectivity index (χ0v) is 8.96. The molecule has 0 N–H and O–H groups in total. The molecule has 0 aliphatic heterocycles. The molecule has 0 heterocycles. The van der Waals surface area contributed by atoms with E-state index in [2.05, 4.69) is 12.2 Å². The van der Waals surface area contributed by atoms with Crippen LogP contribution in [0.3, 0.4) is 0 Å². The van der Waals surface area contributed by atoms with E-state index in [4.69, 9.17) is 0 Å². The normalized spacial score (nSPS) is 16.5. The summed E-state index contributed by atoms with van der Waals surface area (Å²) in [7, 11) is 0. The molecule has 0 radical (unpaired) electrons. The largest absolute Gasteiger partial charge is 0.303 e. The first-order chi connectivity index (χ1) is 4.67. The first kappa shape index (κ1) is 10.8. The molecule has 0 atom stereocenters. The van der Waals surface area contributed by atoms with Gasteiger partial charge in [0.25, 0.3) is 0 Å². The zero-order valence-electron chi connectivity index (χ0n) is 6.69. The predicted octanol–water partition coefficient (Wildman–Crippen LogP) is 1.95. The molecule has 1 aliphatic rings. The van der Waals surface area contributed by atoms with Crippen molar-refractivity contribution in [1.82, 2.24) is 0 Å². The van der Waals surface area contributed by atoms with Crippen LogP contribution in [0.2, 0.25) is 0 Å². The van der Waals surface area contributed by atoms with E-state index in [9.17, 15) is 4.79 Å². The Morgan fingerprint density at radius 2 is 1.73 bits per heavy atom. The Kier molecular flexibility index (Phi) is 3.95. The van der Waals surface area contributed by atoms with Crippen LogP contribution in [0.15, 0.2) is 24.3 Å². The summed E-state index contributed by atoms with van der Waals surface area (Å²) in [6.45, 7) is 3.90. The molecule has 0 spiro atoms. The summed E-state index contributed by atoms with van der Waals surface area (Å²) in [6.07, 6.45) is 9.08. The maximum absolute atomic E-state index is 10.5. The molecule has 64 valence electrons. The SMILES string of the molecule is CC(C)(C=O)C1C=CC=C1.[Pt]. The molecule has 0 bridgehead atoms. The van der Waals surface area contributed by atoms with E-state index in [-0.39, 0.29) is 26.5 Å². The Bertz CT molecular complexity index is 180. The summed E-state index contributed by atoms with van der Waals surface area (Å²) in [4.78, 5) is 10.5. The fourth-order valence-electron chi connectivity index (χ4n) is 1.01. The summed E-state index contributed by atoms with van der Waals surface area (Å²) < 4.78 is 0. The summed E-state index contributed by atoms with van der Waals surface area (Å²) in [5, 5.41) is 0. The molecule has 0 aromatic rings. The number of aldehydes is 1. The minimum Gasteiger partial charge on any atom is -0.303 e. The van der Waals surface area contributed by atoms with E-state index in [0.717, 1.165) is 6.29 Å². The number of allylic oxidation sites excluding steroid dienone is 4. The van der Waals surface area contributed by atoms with Crippen molar-refractivity contribution in [2.45, 2.75) is 13.8 Å². The summed E-state index contributed by atoms with van der Waals surface area (Å²) in [6, 6.07) is 0. The minimum atomic E-state index is -0.233. The molecule has 1 aliphatic carbocycles. The smallest absolute Gasteiger partial charge is 0.126 e. The molecule has 0 unspecified atom stereocenters. The van der Waals surface area contributed by atoms with Crippen LogP contribution < -0.4 is 0 Å². The monoisotopic (exact) mass is 331 g/mol. The second-order valence-corrected chi connectivity index (χ2v) is 3.23.